The van der Waals surface area contributed by atoms with Gasteiger partial charge in [0, 0.05) is 6.42 Å². The van der Waals surface area contributed by atoms with E-state index in [1.54, 1.807) is 6.08 Å². The van der Waals surface area contributed by atoms with Crippen LogP contribution in [-0.2, 0) is 32.7 Å². The maximum absolute atomic E-state index is 12.6. The number of ether oxygens (including phenoxy) is 2. The van der Waals surface area contributed by atoms with Crippen LogP contribution in [0.25, 0.3) is 0 Å². The van der Waals surface area contributed by atoms with E-state index in [-0.39, 0.29) is 26.1 Å². The number of nitrogens with zero attached hydrogens (tertiary/aromatic N) is 1. The molecule has 0 saturated carbocycles. The van der Waals surface area contributed by atoms with Crippen LogP contribution >= 0.6 is 7.82 Å². The average molecular weight is 828 g/mol. The Bertz CT molecular complexity index is 1350. The van der Waals surface area contributed by atoms with Crippen LogP contribution in [-0.4, -0.2) is 70.0 Å². The van der Waals surface area contributed by atoms with Gasteiger partial charge < -0.3 is 27.9 Å². The van der Waals surface area contributed by atoms with Crippen LogP contribution in [0.1, 0.15) is 129 Å². The van der Waals surface area contributed by atoms with Gasteiger partial charge in [0.05, 0.1) is 34.2 Å². The number of allylic oxidation sites excluding steroid dienone is 17. The third-order valence-corrected chi connectivity index (χ3v) is 9.29. The molecule has 0 N–H and O–H groups in total. The van der Waals surface area contributed by atoms with Gasteiger partial charge in [-0.15, -0.1) is 0 Å². The number of hydrogen-bond donors (Lipinski definition) is 0. The highest BCUT2D eigenvalue weighted by Gasteiger charge is 2.21. The Balaban J connectivity index is 4.52. The molecule has 0 aliphatic heterocycles. The normalized spacial score (nSPS) is 14.7. The highest BCUT2D eigenvalue weighted by atomic mass is 31.2. The monoisotopic (exact) mass is 828 g/mol. The first-order valence-electron chi connectivity index (χ1n) is 21.6. The van der Waals surface area contributed by atoms with Crippen LogP contribution in [0.2, 0.25) is 0 Å². The molecule has 0 aromatic heterocycles. The third-order valence-electron chi connectivity index (χ3n) is 8.32. The zero-order valence-electron chi connectivity index (χ0n) is 36.7. The highest BCUT2D eigenvalue weighted by Crippen LogP contribution is 2.38. The van der Waals surface area contributed by atoms with Crippen molar-refractivity contribution in [3.8, 4) is 0 Å². The van der Waals surface area contributed by atoms with Gasteiger partial charge in [-0.3, -0.25) is 14.2 Å². The lowest BCUT2D eigenvalue weighted by Gasteiger charge is -2.28. The van der Waals surface area contributed by atoms with Gasteiger partial charge in [-0.05, 0) is 77.0 Å². The number of esters is 2. The van der Waals surface area contributed by atoms with Crippen LogP contribution in [0, 0.1) is 0 Å². The number of likely N-dealkylation sites (N-methyl/N-ethyl adjacent to an activating group) is 1. The minimum atomic E-state index is -4.66. The summed E-state index contributed by atoms with van der Waals surface area (Å²) in [6, 6.07) is 0. The summed E-state index contributed by atoms with van der Waals surface area (Å²) in [6.45, 7) is 3.83. The SMILES string of the molecule is CC/C=C\C/C=C\C/C=C\C/C=C\C/C=C\CC(=O)OC(COC(=O)CCCCCCCC/C=C\C/C=C\C/C=C\C/C=C\CC)COP(=O)([O-])OCC[N+](C)(C)C. The average Bonchev–Trinajstić information content (AvgIpc) is 3.17. The van der Waals surface area contributed by atoms with Crippen molar-refractivity contribution in [2.75, 3.05) is 47.5 Å². The van der Waals surface area contributed by atoms with Crippen molar-refractivity contribution in [3.63, 3.8) is 0 Å². The highest BCUT2D eigenvalue weighted by molar-refractivity contribution is 7.45. The number of unbranched alkanes of at least 4 members (excludes halogenated alkanes) is 6. The quantitative estimate of drug-likeness (QED) is 0.0200. The molecule has 0 saturated heterocycles. The molecule has 0 aromatic carbocycles. The smallest absolute Gasteiger partial charge is 0.310 e. The van der Waals surface area contributed by atoms with E-state index in [2.05, 4.69) is 105 Å². The number of quaternary nitrogens is 1. The molecule has 9 nitrogen and oxygen atoms in total. The molecule has 0 radical (unpaired) electrons. The van der Waals surface area contributed by atoms with Crippen molar-refractivity contribution in [3.05, 3.63) is 109 Å². The van der Waals surface area contributed by atoms with Gasteiger partial charge in [-0.1, -0.05) is 149 Å². The lowest BCUT2D eigenvalue weighted by atomic mass is 10.1. The van der Waals surface area contributed by atoms with Crippen LogP contribution in [0.5, 0.6) is 0 Å². The standard InChI is InChI=1S/C48H78NO8P/c1-6-8-10-12-14-16-18-20-22-23-24-25-27-28-30-32-34-36-38-40-47(50)54-44-46(45-56-58(52,53)55-43-42-49(3,4)5)57-48(51)41-39-37-35-33-31-29-26-21-19-17-15-13-11-9-7-2/h8-11,14-17,20-22,24-26,31,33,37,39,46H,6-7,12-13,18-19,23,27-30,32,34-36,38,40-45H2,1-5H3/b10-8-,11-9-,16-14-,17-15-,22-20-,25-24-,26-21-,33-31-,39-37-. The van der Waals surface area contributed by atoms with E-state index in [4.69, 9.17) is 18.5 Å². The minimum Gasteiger partial charge on any atom is -0.756 e. The van der Waals surface area contributed by atoms with Gasteiger partial charge in [-0.25, -0.2) is 0 Å². The first-order chi connectivity index (χ1) is 28.0. The maximum Gasteiger partial charge on any atom is 0.310 e. The van der Waals surface area contributed by atoms with Gasteiger partial charge in [-0.2, -0.15) is 0 Å². The van der Waals surface area contributed by atoms with E-state index in [9.17, 15) is 19.0 Å². The molecular weight excluding hydrogens is 750 g/mol. The fourth-order valence-electron chi connectivity index (χ4n) is 5.01. The van der Waals surface area contributed by atoms with Crippen LogP contribution in [0.15, 0.2) is 109 Å². The first-order valence-corrected chi connectivity index (χ1v) is 23.1. The number of rotatable bonds is 37. The summed E-state index contributed by atoms with van der Waals surface area (Å²) >= 11 is 0. The number of carbonyl (C=O) groups is 2. The zero-order chi connectivity index (χ0) is 42.8. The molecule has 0 aliphatic rings. The predicted molar refractivity (Wildman–Crippen MR) is 240 cm³/mol. The molecule has 0 heterocycles. The van der Waals surface area contributed by atoms with E-state index in [0.717, 1.165) is 89.9 Å². The van der Waals surface area contributed by atoms with Gasteiger partial charge in [0.15, 0.2) is 6.10 Å². The Morgan fingerprint density at radius 2 is 0.983 bits per heavy atom. The lowest BCUT2D eigenvalue weighted by Crippen LogP contribution is -2.37. The van der Waals surface area contributed by atoms with Crippen LogP contribution < -0.4 is 4.89 Å². The number of phosphoric ester groups is 1. The second-order valence-electron chi connectivity index (χ2n) is 15.0. The second-order valence-corrected chi connectivity index (χ2v) is 16.4. The summed E-state index contributed by atoms with van der Waals surface area (Å²) < 4.78 is 33.7. The van der Waals surface area contributed by atoms with Crippen molar-refractivity contribution in [1.29, 1.82) is 0 Å². The molecule has 0 rings (SSSR count). The summed E-state index contributed by atoms with van der Waals surface area (Å²) in [4.78, 5) is 37.5. The fourth-order valence-corrected chi connectivity index (χ4v) is 5.74. The Morgan fingerprint density at radius 3 is 1.47 bits per heavy atom. The fraction of sp³-hybridized carbons (Fsp3) is 0.583. The first kappa shape index (κ1) is 54.7. The third kappa shape index (κ3) is 42.3. The number of hydrogen-bond acceptors (Lipinski definition) is 8. The van der Waals surface area contributed by atoms with Gasteiger partial charge in [0.2, 0.25) is 0 Å². The summed E-state index contributed by atoms with van der Waals surface area (Å²) in [7, 11) is 1.08. The Kier molecular flexibility index (Phi) is 36.9. The molecule has 0 aromatic rings. The number of carbonyl (C=O) groups excluding carboxylic acids is 2. The molecular formula is C48H78NO8P. The summed E-state index contributed by atoms with van der Waals surface area (Å²) in [5, 5.41) is 0. The van der Waals surface area contributed by atoms with E-state index < -0.39 is 32.5 Å². The molecule has 328 valence electrons. The maximum atomic E-state index is 12.6. The van der Waals surface area contributed by atoms with Crippen LogP contribution in [0.3, 0.4) is 0 Å². The molecule has 0 amide bonds. The van der Waals surface area contributed by atoms with Crippen molar-refractivity contribution in [1.82, 2.24) is 0 Å². The molecule has 58 heavy (non-hydrogen) atoms. The van der Waals surface area contributed by atoms with E-state index in [1.807, 2.05) is 33.3 Å². The minimum absolute atomic E-state index is 0.0174. The summed E-state index contributed by atoms with van der Waals surface area (Å²) in [6.07, 6.45) is 52.9. The molecule has 2 unspecified atom stereocenters. The summed E-state index contributed by atoms with van der Waals surface area (Å²) in [5.74, 6) is -1.01. The predicted octanol–water partition coefficient (Wildman–Crippen LogP) is 11.7. The Labute approximate surface area is 353 Å². The Hall–Kier alpha value is -3.33. The van der Waals surface area contributed by atoms with E-state index >= 15 is 0 Å². The van der Waals surface area contributed by atoms with Gasteiger partial charge in [0.25, 0.3) is 7.82 Å². The summed E-state index contributed by atoms with van der Waals surface area (Å²) in [5.41, 5.74) is 0. The second kappa shape index (κ2) is 39.1. The largest absolute Gasteiger partial charge is 0.756 e. The number of phosphoric acid groups is 1. The van der Waals surface area contributed by atoms with E-state index in [1.165, 1.54) is 0 Å². The van der Waals surface area contributed by atoms with Crippen molar-refractivity contribution >= 4 is 19.8 Å². The molecule has 0 spiro atoms. The molecule has 2 atom stereocenters. The van der Waals surface area contributed by atoms with E-state index in [0.29, 0.717) is 23.9 Å². The van der Waals surface area contributed by atoms with Crippen LogP contribution in [0.4, 0.5) is 0 Å². The molecule has 0 fully saturated rings. The van der Waals surface area contributed by atoms with Crippen molar-refractivity contribution < 1.29 is 42.1 Å². The van der Waals surface area contributed by atoms with Crippen molar-refractivity contribution in [2.45, 2.75) is 136 Å². The molecule has 0 aliphatic carbocycles. The molecule has 0 bridgehead atoms. The van der Waals surface area contributed by atoms with Crippen molar-refractivity contribution in [2.24, 2.45) is 0 Å². The Morgan fingerprint density at radius 1 is 0.552 bits per heavy atom. The topological polar surface area (TPSA) is 111 Å². The lowest BCUT2D eigenvalue weighted by molar-refractivity contribution is -0.870. The van der Waals surface area contributed by atoms with Gasteiger partial charge in [0.1, 0.15) is 19.8 Å². The zero-order valence-corrected chi connectivity index (χ0v) is 37.6. The van der Waals surface area contributed by atoms with Gasteiger partial charge >= 0.3 is 11.9 Å². The molecule has 10 heteroatoms.